The summed E-state index contributed by atoms with van der Waals surface area (Å²) < 4.78 is 12.3. The van der Waals surface area contributed by atoms with Crippen molar-refractivity contribution in [1.82, 2.24) is 0 Å². The lowest BCUT2D eigenvalue weighted by Gasteiger charge is -2.20. The van der Waals surface area contributed by atoms with E-state index in [4.69, 9.17) is 9.47 Å². The summed E-state index contributed by atoms with van der Waals surface area (Å²) >= 11 is 2.54. The largest absolute Gasteiger partial charge is 0.491 e. The zero-order valence-corrected chi connectivity index (χ0v) is 12.8. The number of ether oxygens (including phenoxy) is 2. The van der Waals surface area contributed by atoms with Crippen LogP contribution in [0.1, 0.15) is 32.1 Å². The lowest BCUT2D eigenvalue weighted by molar-refractivity contribution is 0.0313. The van der Waals surface area contributed by atoms with Crippen LogP contribution in [0.15, 0.2) is 30.3 Å². The summed E-state index contributed by atoms with van der Waals surface area (Å²) in [6, 6.07) is 9.93. The Morgan fingerprint density at radius 3 is 2.61 bits per heavy atom. The highest BCUT2D eigenvalue weighted by Gasteiger charge is 2.21. The molecule has 0 bridgehead atoms. The maximum Gasteiger partial charge on any atom is 0.119 e. The molecule has 0 N–H and O–H groups in total. The van der Waals surface area contributed by atoms with Gasteiger partial charge in [0.1, 0.15) is 12.4 Å². The fraction of sp³-hybridized carbons (Fsp3) is 0.600. The normalized spacial score (nSPS) is 24.5. The molecular weight excluding hydrogens is 339 g/mol. The van der Waals surface area contributed by atoms with Gasteiger partial charge in [0.25, 0.3) is 0 Å². The van der Waals surface area contributed by atoms with E-state index < -0.39 is 0 Å². The molecule has 2 rings (SSSR count). The third-order valence-electron chi connectivity index (χ3n) is 3.30. The van der Waals surface area contributed by atoms with Crippen LogP contribution in [-0.4, -0.2) is 23.2 Å². The number of benzene rings is 1. The first-order valence-electron chi connectivity index (χ1n) is 6.80. The molecule has 1 aliphatic carbocycles. The third kappa shape index (κ3) is 4.76. The van der Waals surface area contributed by atoms with Gasteiger partial charge in [-0.05, 0) is 25.0 Å². The molecule has 2 nitrogen and oxygen atoms in total. The molecule has 0 amide bonds. The predicted octanol–water partition coefficient (Wildman–Crippen LogP) is 4.22. The highest BCUT2D eigenvalue weighted by molar-refractivity contribution is 14.1. The number of alkyl halides is 1. The summed E-state index contributed by atoms with van der Waals surface area (Å²) in [5, 5.41) is 0. The van der Waals surface area contributed by atoms with Gasteiger partial charge in [0.05, 0.1) is 12.7 Å². The van der Waals surface area contributed by atoms with Crippen molar-refractivity contribution in [2.24, 2.45) is 0 Å². The van der Waals surface area contributed by atoms with E-state index in [-0.39, 0.29) is 0 Å². The molecular formula is C15H21IO2. The molecule has 0 spiro atoms. The average molecular weight is 360 g/mol. The number of rotatable bonds is 5. The van der Waals surface area contributed by atoms with Crippen LogP contribution in [0.25, 0.3) is 0 Å². The predicted molar refractivity (Wildman–Crippen MR) is 82.6 cm³/mol. The fourth-order valence-electron chi connectivity index (χ4n) is 2.29. The van der Waals surface area contributed by atoms with E-state index in [1.165, 1.54) is 32.1 Å². The van der Waals surface area contributed by atoms with Crippen LogP contribution in [0.3, 0.4) is 0 Å². The molecule has 2 atom stereocenters. The van der Waals surface area contributed by atoms with E-state index in [0.717, 1.165) is 5.75 Å². The van der Waals surface area contributed by atoms with Crippen molar-refractivity contribution in [3.8, 4) is 5.75 Å². The van der Waals surface area contributed by atoms with Crippen molar-refractivity contribution in [2.45, 2.75) is 42.1 Å². The van der Waals surface area contributed by atoms with Gasteiger partial charge < -0.3 is 9.47 Å². The summed E-state index contributed by atoms with van der Waals surface area (Å²) in [6.07, 6.45) is 6.95. The highest BCUT2D eigenvalue weighted by atomic mass is 127. The molecule has 0 aromatic heterocycles. The second kappa shape index (κ2) is 8.00. The Morgan fingerprint density at radius 2 is 1.78 bits per heavy atom. The zero-order valence-electron chi connectivity index (χ0n) is 10.7. The van der Waals surface area contributed by atoms with Gasteiger partial charge >= 0.3 is 0 Å². The molecule has 0 heterocycles. The molecule has 1 fully saturated rings. The average Bonchev–Trinajstić information content (AvgIpc) is 2.61. The molecule has 0 radical (unpaired) electrons. The topological polar surface area (TPSA) is 18.5 Å². The first-order valence-corrected chi connectivity index (χ1v) is 8.04. The van der Waals surface area contributed by atoms with E-state index in [2.05, 4.69) is 22.6 Å². The summed E-state index contributed by atoms with van der Waals surface area (Å²) in [6.45, 7) is 1.34. The van der Waals surface area contributed by atoms with Crippen LogP contribution < -0.4 is 4.74 Å². The van der Waals surface area contributed by atoms with Crippen molar-refractivity contribution < 1.29 is 9.47 Å². The molecule has 0 saturated heterocycles. The van der Waals surface area contributed by atoms with Crippen molar-refractivity contribution in [3.63, 3.8) is 0 Å². The van der Waals surface area contributed by atoms with Crippen LogP contribution in [0.5, 0.6) is 5.75 Å². The number of hydrogen-bond acceptors (Lipinski definition) is 2. The molecule has 3 heteroatoms. The van der Waals surface area contributed by atoms with Gasteiger partial charge in [-0.25, -0.2) is 0 Å². The van der Waals surface area contributed by atoms with Crippen molar-refractivity contribution in [2.75, 3.05) is 13.2 Å². The SMILES string of the molecule is IC1CCCCCC1OCCOc1ccccc1. The van der Waals surface area contributed by atoms with E-state index >= 15 is 0 Å². The minimum absolute atomic E-state index is 0.424. The Hall–Kier alpha value is -0.290. The van der Waals surface area contributed by atoms with Crippen molar-refractivity contribution in [1.29, 1.82) is 0 Å². The zero-order chi connectivity index (χ0) is 12.6. The van der Waals surface area contributed by atoms with E-state index in [9.17, 15) is 0 Å². The lowest BCUT2D eigenvalue weighted by Crippen LogP contribution is -2.25. The first-order chi connectivity index (χ1) is 8.86. The van der Waals surface area contributed by atoms with Gasteiger partial charge in [-0.15, -0.1) is 0 Å². The van der Waals surface area contributed by atoms with E-state index in [1.807, 2.05) is 30.3 Å². The third-order valence-corrected chi connectivity index (χ3v) is 4.72. The van der Waals surface area contributed by atoms with Gasteiger partial charge in [0, 0.05) is 3.92 Å². The number of hydrogen-bond donors (Lipinski definition) is 0. The van der Waals surface area contributed by atoms with Crippen LogP contribution in [0.4, 0.5) is 0 Å². The van der Waals surface area contributed by atoms with Crippen LogP contribution in [0.2, 0.25) is 0 Å². The Morgan fingerprint density at radius 1 is 1.00 bits per heavy atom. The molecule has 1 saturated carbocycles. The Bertz CT molecular complexity index is 329. The summed E-state index contributed by atoms with van der Waals surface area (Å²) in [5.74, 6) is 0.924. The molecule has 0 aliphatic heterocycles. The van der Waals surface area contributed by atoms with Crippen molar-refractivity contribution >= 4 is 22.6 Å². The Balaban J connectivity index is 1.65. The Labute approximate surface area is 123 Å². The number of para-hydroxylation sites is 1. The monoisotopic (exact) mass is 360 g/mol. The molecule has 1 aromatic rings. The van der Waals surface area contributed by atoms with E-state index in [1.54, 1.807) is 0 Å². The molecule has 2 unspecified atom stereocenters. The quantitative estimate of drug-likeness (QED) is 0.339. The van der Waals surface area contributed by atoms with Gasteiger partial charge in [-0.3, -0.25) is 0 Å². The second-order valence-electron chi connectivity index (χ2n) is 4.72. The van der Waals surface area contributed by atoms with Crippen LogP contribution in [0, 0.1) is 0 Å². The molecule has 1 aromatic carbocycles. The lowest BCUT2D eigenvalue weighted by atomic mass is 10.1. The molecule has 1 aliphatic rings. The minimum Gasteiger partial charge on any atom is -0.491 e. The number of halogens is 1. The Kier molecular flexibility index (Phi) is 6.28. The summed E-state index contributed by atoms with van der Waals surface area (Å²) in [4.78, 5) is 0. The molecule has 100 valence electrons. The maximum atomic E-state index is 5.96. The maximum absolute atomic E-state index is 5.96. The van der Waals surface area contributed by atoms with Gasteiger partial charge in [-0.2, -0.15) is 0 Å². The first kappa shape index (κ1) is 14.1. The standard InChI is InChI=1S/C15H21IO2/c16-14-9-5-2-6-10-15(14)18-12-11-17-13-7-3-1-4-8-13/h1,3-4,7-8,14-15H,2,5-6,9-12H2. The summed E-state index contributed by atoms with van der Waals surface area (Å²) in [7, 11) is 0. The fourth-order valence-corrected chi connectivity index (χ4v) is 3.30. The molecule has 18 heavy (non-hydrogen) atoms. The van der Waals surface area contributed by atoms with Crippen molar-refractivity contribution in [3.05, 3.63) is 30.3 Å². The highest BCUT2D eigenvalue weighted by Crippen LogP contribution is 2.26. The smallest absolute Gasteiger partial charge is 0.119 e. The van der Waals surface area contributed by atoms with Crippen LogP contribution >= 0.6 is 22.6 Å². The van der Waals surface area contributed by atoms with Gasteiger partial charge in [-0.1, -0.05) is 60.1 Å². The van der Waals surface area contributed by atoms with Gasteiger partial charge in [0.2, 0.25) is 0 Å². The minimum atomic E-state index is 0.424. The summed E-state index contributed by atoms with van der Waals surface area (Å²) in [5.41, 5.74) is 0. The van der Waals surface area contributed by atoms with E-state index in [0.29, 0.717) is 23.2 Å². The van der Waals surface area contributed by atoms with Gasteiger partial charge in [0.15, 0.2) is 0 Å². The second-order valence-corrected chi connectivity index (χ2v) is 6.32. The van der Waals surface area contributed by atoms with Crippen LogP contribution in [-0.2, 0) is 4.74 Å².